The number of hydrogen-bond acceptors (Lipinski definition) is 5. The molecule has 1 aliphatic rings. The molecule has 1 amide bonds. The van der Waals surface area contributed by atoms with Crippen LogP contribution in [0.5, 0.6) is 11.5 Å². The highest BCUT2D eigenvalue weighted by Gasteiger charge is 2.36. The number of carbonyl (C=O) groups is 1. The summed E-state index contributed by atoms with van der Waals surface area (Å²) in [5.41, 5.74) is 0.200. The van der Waals surface area contributed by atoms with Gasteiger partial charge in [0, 0.05) is 12.1 Å². The van der Waals surface area contributed by atoms with E-state index in [-0.39, 0.29) is 16.9 Å². The number of aromatic nitrogens is 3. The van der Waals surface area contributed by atoms with Crippen LogP contribution in [0.4, 0.5) is 13.2 Å². The summed E-state index contributed by atoms with van der Waals surface area (Å²) in [6.07, 6.45) is -3.03. The molecule has 0 aliphatic carbocycles. The molecule has 5 rings (SSSR count). The van der Waals surface area contributed by atoms with E-state index in [0.717, 1.165) is 17.8 Å². The molecule has 2 aromatic carbocycles. The van der Waals surface area contributed by atoms with Crippen LogP contribution < -0.4 is 14.8 Å². The quantitative estimate of drug-likeness (QED) is 0.476. The number of amides is 1. The Labute approximate surface area is 192 Å². The maximum absolute atomic E-state index is 13.9. The maximum atomic E-state index is 13.9. The van der Waals surface area contributed by atoms with Gasteiger partial charge in [-0.15, -0.1) is 0 Å². The SMILES string of the molecule is O=C(NCCc1ccccc1)c1cnn2c(C(F)(F)F)cc(-c3ccc4c(c3)OCCO4)nc12. The molecule has 0 saturated carbocycles. The van der Waals surface area contributed by atoms with Crippen molar-refractivity contribution in [1.82, 2.24) is 19.9 Å². The van der Waals surface area contributed by atoms with Crippen LogP contribution in [0.15, 0.2) is 60.8 Å². The van der Waals surface area contributed by atoms with Crippen molar-refractivity contribution in [3.8, 4) is 22.8 Å². The summed E-state index contributed by atoms with van der Waals surface area (Å²) >= 11 is 0. The fraction of sp³-hybridized carbons (Fsp3) is 0.208. The van der Waals surface area contributed by atoms with Gasteiger partial charge in [0.15, 0.2) is 22.8 Å². The van der Waals surface area contributed by atoms with Crippen LogP contribution in [0.2, 0.25) is 0 Å². The summed E-state index contributed by atoms with van der Waals surface area (Å²) < 4.78 is 53.2. The van der Waals surface area contributed by atoms with Gasteiger partial charge in [-0.3, -0.25) is 4.79 Å². The predicted molar refractivity (Wildman–Crippen MR) is 117 cm³/mol. The second-order valence-corrected chi connectivity index (χ2v) is 7.67. The van der Waals surface area contributed by atoms with Gasteiger partial charge in [-0.05, 0) is 36.2 Å². The van der Waals surface area contributed by atoms with E-state index in [0.29, 0.717) is 47.8 Å². The molecular formula is C24H19F3N4O3. The van der Waals surface area contributed by atoms with Crippen LogP contribution in [0.1, 0.15) is 21.6 Å². The van der Waals surface area contributed by atoms with Crippen molar-refractivity contribution in [2.24, 2.45) is 0 Å². The number of fused-ring (bicyclic) bond motifs is 2. The number of halogens is 3. The molecular weight excluding hydrogens is 449 g/mol. The number of alkyl halides is 3. The Kier molecular flexibility index (Phi) is 5.56. The number of hydrogen-bond donors (Lipinski definition) is 1. The maximum Gasteiger partial charge on any atom is 0.433 e. The zero-order valence-corrected chi connectivity index (χ0v) is 17.8. The van der Waals surface area contributed by atoms with Crippen molar-refractivity contribution in [3.63, 3.8) is 0 Å². The highest BCUT2D eigenvalue weighted by Crippen LogP contribution is 2.36. The van der Waals surface area contributed by atoms with Crippen molar-refractivity contribution in [2.45, 2.75) is 12.6 Å². The highest BCUT2D eigenvalue weighted by atomic mass is 19.4. The van der Waals surface area contributed by atoms with Crippen LogP contribution >= 0.6 is 0 Å². The molecule has 0 bridgehead atoms. The third kappa shape index (κ3) is 4.26. The molecule has 0 spiro atoms. The lowest BCUT2D eigenvalue weighted by Crippen LogP contribution is -2.26. The highest BCUT2D eigenvalue weighted by molar-refractivity contribution is 5.99. The van der Waals surface area contributed by atoms with Gasteiger partial charge in [0.25, 0.3) is 5.91 Å². The van der Waals surface area contributed by atoms with Crippen molar-refractivity contribution >= 4 is 11.6 Å². The van der Waals surface area contributed by atoms with Crippen molar-refractivity contribution < 1.29 is 27.4 Å². The fourth-order valence-electron chi connectivity index (χ4n) is 3.74. The smallest absolute Gasteiger partial charge is 0.433 e. The summed E-state index contributed by atoms with van der Waals surface area (Å²) in [6.45, 7) is 1.05. The molecule has 0 saturated heterocycles. The minimum absolute atomic E-state index is 0.0376. The van der Waals surface area contributed by atoms with E-state index in [2.05, 4.69) is 15.4 Å². The van der Waals surface area contributed by atoms with E-state index in [1.165, 1.54) is 0 Å². The first-order valence-corrected chi connectivity index (χ1v) is 10.6. The van der Waals surface area contributed by atoms with E-state index >= 15 is 0 Å². The van der Waals surface area contributed by atoms with Gasteiger partial charge in [-0.1, -0.05) is 30.3 Å². The summed E-state index contributed by atoms with van der Waals surface area (Å²) in [5.74, 6) is 0.382. The summed E-state index contributed by atoms with van der Waals surface area (Å²) in [6, 6.07) is 15.2. The molecule has 0 fully saturated rings. The lowest BCUT2D eigenvalue weighted by atomic mass is 10.1. The average molecular weight is 468 g/mol. The Morgan fingerprint density at radius 2 is 1.79 bits per heavy atom. The van der Waals surface area contributed by atoms with Gasteiger partial charge < -0.3 is 14.8 Å². The Morgan fingerprint density at radius 3 is 2.56 bits per heavy atom. The van der Waals surface area contributed by atoms with Crippen molar-refractivity contribution in [3.05, 3.63) is 77.6 Å². The molecule has 1 aliphatic heterocycles. The standard InChI is InChI=1S/C24H19F3N4O3/c25-24(26,27)21-13-18(16-6-7-19-20(12-16)34-11-10-33-19)30-22-17(14-29-31(21)22)23(32)28-9-8-15-4-2-1-3-5-15/h1-7,12-14H,8-11H2,(H,28,32). The molecule has 0 unspecified atom stereocenters. The first-order chi connectivity index (χ1) is 16.4. The van der Waals surface area contributed by atoms with E-state index in [9.17, 15) is 18.0 Å². The van der Waals surface area contributed by atoms with Crippen LogP contribution in [0.25, 0.3) is 16.9 Å². The minimum atomic E-state index is -4.71. The summed E-state index contributed by atoms with van der Waals surface area (Å²) in [4.78, 5) is 17.1. The Hall–Kier alpha value is -4.08. The number of nitrogens with zero attached hydrogens (tertiary/aromatic N) is 3. The topological polar surface area (TPSA) is 77.8 Å². The Morgan fingerprint density at radius 1 is 1.03 bits per heavy atom. The Balaban J connectivity index is 1.50. The zero-order chi connectivity index (χ0) is 23.7. The summed E-state index contributed by atoms with van der Waals surface area (Å²) in [7, 11) is 0. The van der Waals surface area contributed by atoms with Gasteiger partial charge in [0.05, 0.1) is 11.9 Å². The lowest BCUT2D eigenvalue weighted by Gasteiger charge is -2.19. The van der Waals surface area contributed by atoms with Gasteiger partial charge in [0.1, 0.15) is 18.8 Å². The number of ether oxygens (including phenoxy) is 2. The first-order valence-electron chi connectivity index (χ1n) is 10.6. The second kappa shape index (κ2) is 8.69. The van der Waals surface area contributed by atoms with E-state index < -0.39 is 17.8 Å². The van der Waals surface area contributed by atoms with Crippen molar-refractivity contribution in [1.29, 1.82) is 0 Å². The van der Waals surface area contributed by atoms with Gasteiger partial charge in [-0.2, -0.15) is 18.3 Å². The van der Waals surface area contributed by atoms with Crippen LogP contribution in [0, 0.1) is 0 Å². The molecule has 0 atom stereocenters. The molecule has 1 N–H and O–H groups in total. The average Bonchev–Trinajstić information content (AvgIpc) is 3.27. The molecule has 10 heteroatoms. The van der Waals surface area contributed by atoms with Gasteiger partial charge in [-0.25, -0.2) is 9.50 Å². The lowest BCUT2D eigenvalue weighted by molar-refractivity contribution is -0.142. The van der Waals surface area contributed by atoms with Gasteiger partial charge in [0.2, 0.25) is 0 Å². The largest absolute Gasteiger partial charge is 0.486 e. The number of carbonyl (C=O) groups excluding carboxylic acids is 1. The van der Waals surface area contributed by atoms with Gasteiger partial charge >= 0.3 is 6.18 Å². The molecule has 4 aromatic rings. The van der Waals surface area contributed by atoms with Crippen LogP contribution in [0.3, 0.4) is 0 Å². The van der Waals surface area contributed by atoms with Crippen LogP contribution in [-0.4, -0.2) is 40.3 Å². The monoisotopic (exact) mass is 468 g/mol. The normalized spacial score (nSPS) is 13.1. The first kappa shape index (κ1) is 21.7. The number of benzene rings is 2. The van der Waals surface area contributed by atoms with E-state index in [1.807, 2.05) is 30.3 Å². The minimum Gasteiger partial charge on any atom is -0.486 e. The van der Waals surface area contributed by atoms with E-state index in [1.54, 1.807) is 18.2 Å². The molecule has 174 valence electrons. The molecule has 34 heavy (non-hydrogen) atoms. The molecule has 2 aromatic heterocycles. The number of rotatable bonds is 5. The predicted octanol–water partition coefficient (Wildman–Crippen LogP) is 4.16. The Bertz CT molecular complexity index is 1350. The third-order valence-corrected chi connectivity index (χ3v) is 5.39. The molecule has 0 radical (unpaired) electrons. The van der Waals surface area contributed by atoms with Crippen molar-refractivity contribution in [2.75, 3.05) is 19.8 Å². The molecule has 3 heterocycles. The third-order valence-electron chi connectivity index (χ3n) is 5.39. The second-order valence-electron chi connectivity index (χ2n) is 7.67. The van der Waals surface area contributed by atoms with E-state index in [4.69, 9.17) is 9.47 Å². The number of nitrogens with one attached hydrogen (secondary N) is 1. The zero-order valence-electron chi connectivity index (χ0n) is 17.8. The summed E-state index contributed by atoms with van der Waals surface area (Å²) in [5, 5.41) is 6.54. The van der Waals surface area contributed by atoms with Crippen LogP contribution in [-0.2, 0) is 12.6 Å². The molecule has 7 nitrogen and oxygen atoms in total. The fourth-order valence-corrected chi connectivity index (χ4v) is 3.74.